The van der Waals surface area contributed by atoms with E-state index in [-0.39, 0.29) is 5.69 Å². The second-order valence-electron chi connectivity index (χ2n) is 4.51. The molecule has 1 rings (SSSR count). The van der Waals surface area contributed by atoms with Gasteiger partial charge in [-0.3, -0.25) is 4.79 Å². The highest BCUT2D eigenvalue weighted by Crippen LogP contribution is 2.33. The first-order valence-electron chi connectivity index (χ1n) is 6.11. The van der Waals surface area contributed by atoms with Crippen LogP contribution < -0.4 is 11.1 Å². The molecule has 0 bridgehead atoms. The van der Waals surface area contributed by atoms with E-state index in [0.717, 1.165) is 6.07 Å². The molecule has 0 aliphatic heterocycles. The van der Waals surface area contributed by atoms with Crippen LogP contribution in [0.2, 0.25) is 0 Å². The molecule has 1 aromatic rings. The van der Waals surface area contributed by atoms with Crippen LogP contribution in [0.1, 0.15) is 32.3 Å². The molecule has 112 valence electrons. The molecule has 3 N–H and O–H groups in total. The molecule has 0 radical (unpaired) electrons. The Balaban J connectivity index is 3.03. The number of rotatable bonds is 4. The van der Waals surface area contributed by atoms with Crippen molar-refractivity contribution in [1.29, 1.82) is 0 Å². The van der Waals surface area contributed by atoms with Gasteiger partial charge in [-0.05, 0) is 31.0 Å². The van der Waals surface area contributed by atoms with Gasteiger partial charge in [0.15, 0.2) is 0 Å². The van der Waals surface area contributed by atoms with Gasteiger partial charge < -0.3 is 11.1 Å². The number of amides is 1. The second kappa shape index (κ2) is 5.78. The molecule has 20 heavy (non-hydrogen) atoms. The van der Waals surface area contributed by atoms with Crippen LogP contribution in [0.15, 0.2) is 18.2 Å². The summed E-state index contributed by atoms with van der Waals surface area (Å²) in [6.45, 7) is 3.41. The van der Waals surface area contributed by atoms with E-state index in [1.807, 2.05) is 0 Å². The number of carbonyl (C=O) groups excluding carboxylic acids is 1. The Labute approximate surface area is 114 Å². The van der Waals surface area contributed by atoms with Crippen molar-refractivity contribution in [2.45, 2.75) is 38.4 Å². The Morgan fingerprint density at radius 3 is 2.25 bits per heavy atom. The fourth-order valence-corrected chi connectivity index (χ4v) is 1.65. The summed E-state index contributed by atoms with van der Waals surface area (Å²) in [5, 5.41) is 2.29. The molecule has 1 amide bonds. The molecule has 0 saturated heterocycles. The van der Waals surface area contributed by atoms with E-state index >= 15 is 0 Å². The maximum Gasteiger partial charge on any atom is 0.419 e. The summed E-state index contributed by atoms with van der Waals surface area (Å²) in [6.07, 6.45) is -4.15. The highest BCUT2D eigenvalue weighted by Gasteiger charge is 2.35. The molecule has 7 heteroatoms. The summed E-state index contributed by atoms with van der Waals surface area (Å²) in [5.74, 6) is -1.98. The van der Waals surface area contributed by atoms with Crippen molar-refractivity contribution >= 4 is 11.6 Å². The minimum atomic E-state index is -4.82. The van der Waals surface area contributed by atoms with Crippen molar-refractivity contribution in [2.75, 3.05) is 5.32 Å². The van der Waals surface area contributed by atoms with E-state index < -0.39 is 29.0 Å². The Bertz CT molecular complexity index is 496. The number of halogens is 4. The molecule has 0 saturated carbocycles. The molecule has 3 nitrogen and oxygen atoms in total. The normalized spacial score (nSPS) is 12.3. The fraction of sp³-hybridized carbons (Fsp3) is 0.462. The van der Waals surface area contributed by atoms with E-state index in [1.165, 1.54) is 0 Å². The standard InChI is InChI=1S/C13H16F4N2O/c1-3-12(18,4-2)11(20)19-8-5-6-10(14)9(7-8)13(15,16)17/h5-7H,3-4,18H2,1-2H3,(H,19,20). The van der Waals surface area contributed by atoms with Gasteiger partial charge >= 0.3 is 6.18 Å². The molecule has 0 aliphatic carbocycles. The average molecular weight is 292 g/mol. The van der Waals surface area contributed by atoms with Crippen LogP contribution in [0, 0.1) is 5.82 Å². The van der Waals surface area contributed by atoms with Gasteiger partial charge in [0.05, 0.1) is 11.1 Å². The van der Waals surface area contributed by atoms with Crippen molar-refractivity contribution in [1.82, 2.24) is 0 Å². The van der Waals surface area contributed by atoms with E-state index in [9.17, 15) is 22.4 Å². The van der Waals surface area contributed by atoms with Gasteiger partial charge in [0.1, 0.15) is 5.82 Å². The van der Waals surface area contributed by atoms with Gasteiger partial charge in [-0.1, -0.05) is 13.8 Å². The predicted molar refractivity (Wildman–Crippen MR) is 67.5 cm³/mol. The van der Waals surface area contributed by atoms with E-state index in [2.05, 4.69) is 5.32 Å². The van der Waals surface area contributed by atoms with Gasteiger partial charge in [0.25, 0.3) is 0 Å². The number of carbonyl (C=O) groups is 1. The zero-order chi connectivity index (χ0) is 15.6. The number of hydrogen-bond donors (Lipinski definition) is 2. The minimum Gasteiger partial charge on any atom is -0.324 e. The summed E-state index contributed by atoms with van der Waals surface area (Å²) in [4.78, 5) is 11.9. The topological polar surface area (TPSA) is 55.1 Å². The van der Waals surface area contributed by atoms with Crippen molar-refractivity contribution in [3.8, 4) is 0 Å². The number of benzene rings is 1. The van der Waals surface area contributed by atoms with Crippen LogP contribution in [-0.2, 0) is 11.0 Å². The number of anilines is 1. The van der Waals surface area contributed by atoms with Crippen LogP contribution in [0.4, 0.5) is 23.2 Å². The second-order valence-corrected chi connectivity index (χ2v) is 4.51. The van der Waals surface area contributed by atoms with Gasteiger partial charge in [0, 0.05) is 5.69 Å². The van der Waals surface area contributed by atoms with Crippen LogP contribution in [-0.4, -0.2) is 11.4 Å². The van der Waals surface area contributed by atoms with Crippen LogP contribution in [0.25, 0.3) is 0 Å². The lowest BCUT2D eigenvalue weighted by Gasteiger charge is -2.25. The highest BCUT2D eigenvalue weighted by atomic mass is 19.4. The maximum atomic E-state index is 13.1. The smallest absolute Gasteiger partial charge is 0.324 e. The Kier molecular flexibility index (Phi) is 4.75. The largest absolute Gasteiger partial charge is 0.419 e. The number of hydrogen-bond acceptors (Lipinski definition) is 2. The van der Waals surface area contributed by atoms with Gasteiger partial charge in [-0.2, -0.15) is 13.2 Å². The zero-order valence-corrected chi connectivity index (χ0v) is 11.1. The van der Waals surface area contributed by atoms with Gasteiger partial charge in [-0.15, -0.1) is 0 Å². The maximum absolute atomic E-state index is 13.1. The monoisotopic (exact) mass is 292 g/mol. The van der Waals surface area contributed by atoms with Crippen molar-refractivity contribution in [3.63, 3.8) is 0 Å². The van der Waals surface area contributed by atoms with Gasteiger partial charge in [-0.25, -0.2) is 4.39 Å². The van der Waals surface area contributed by atoms with Gasteiger partial charge in [0.2, 0.25) is 5.91 Å². The fourth-order valence-electron chi connectivity index (χ4n) is 1.65. The molecular weight excluding hydrogens is 276 g/mol. The lowest BCUT2D eigenvalue weighted by molar-refractivity contribution is -0.140. The zero-order valence-electron chi connectivity index (χ0n) is 11.1. The number of nitrogens with one attached hydrogen (secondary N) is 1. The van der Waals surface area contributed by atoms with E-state index in [4.69, 9.17) is 5.73 Å². The molecule has 0 spiro atoms. The predicted octanol–water partition coefficient (Wildman–Crippen LogP) is 3.30. The highest BCUT2D eigenvalue weighted by molar-refractivity contribution is 5.97. The third-order valence-corrected chi connectivity index (χ3v) is 3.24. The SMILES string of the molecule is CCC(N)(CC)C(=O)Nc1ccc(F)c(C(F)(F)F)c1. The van der Waals surface area contributed by atoms with Crippen molar-refractivity contribution in [2.24, 2.45) is 5.73 Å². The summed E-state index contributed by atoms with van der Waals surface area (Å²) >= 11 is 0. The Hall–Kier alpha value is -1.63. The third-order valence-electron chi connectivity index (χ3n) is 3.24. The molecule has 1 aromatic carbocycles. The Morgan fingerprint density at radius 1 is 1.25 bits per heavy atom. The first-order valence-corrected chi connectivity index (χ1v) is 6.11. The lowest BCUT2D eigenvalue weighted by atomic mass is 9.93. The minimum absolute atomic E-state index is 0.138. The molecule has 0 unspecified atom stereocenters. The summed E-state index contributed by atoms with van der Waals surface area (Å²) in [6, 6.07) is 2.28. The quantitative estimate of drug-likeness (QED) is 0.837. The van der Waals surface area contributed by atoms with E-state index in [0.29, 0.717) is 25.0 Å². The molecule has 0 atom stereocenters. The number of alkyl halides is 3. The molecule has 0 aromatic heterocycles. The summed E-state index contributed by atoms with van der Waals surface area (Å²) in [7, 11) is 0. The average Bonchev–Trinajstić information content (AvgIpc) is 2.38. The molecule has 0 heterocycles. The lowest BCUT2D eigenvalue weighted by Crippen LogP contribution is -2.50. The summed E-state index contributed by atoms with van der Waals surface area (Å²) < 4.78 is 50.8. The van der Waals surface area contributed by atoms with E-state index in [1.54, 1.807) is 13.8 Å². The van der Waals surface area contributed by atoms with Crippen LogP contribution >= 0.6 is 0 Å². The van der Waals surface area contributed by atoms with Crippen LogP contribution in [0.5, 0.6) is 0 Å². The first kappa shape index (κ1) is 16.4. The molecule has 0 aliphatic rings. The third kappa shape index (κ3) is 3.47. The Morgan fingerprint density at radius 2 is 1.80 bits per heavy atom. The van der Waals surface area contributed by atoms with Crippen LogP contribution in [0.3, 0.4) is 0 Å². The molecular formula is C13H16F4N2O. The number of nitrogens with two attached hydrogens (primary N) is 1. The first-order chi connectivity index (χ1) is 9.14. The van der Waals surface area contributed by atoms with Crippen molar-refractivity contribution in [3.05, 3.63) is 29.6 Å². The molecule has 0 fully saturated rings. The summed E-state index contributed by atoms with van der Waals surface area (Å²) in [5.41, 5.74) is 3.11. The van der Waals surface area contributed by atoms with Crippen molar-refractivity contribution < 1.29 is 22.4 Å².